The summed E-state index contributed by atoms with van der Waals surface area (Å²) in [5.41, 5.74) is 4.42. The standard InChI is InChI=1S/C26H22N2O3S2/c1-17-7-6-8-18(2)24(17)27-23(29)16-31-21-13-11-19(12-14-21)15-22-25(30)28(26(32)33-22)20-9-4-3-5-10-20/h3-15H,16H2,1-2H3,(H,27,29)/b22-15-. The van der Waals surface area contributed by atoms with E-state index in [1.165, 1.54) is 16.7 Å². The van der Waals surface area contributed by atoms with E-state index >= 15 is 0 Å². The van der Waals surface area contributed by atoms with Crippen molar-refractivity contribution >= 4 is 57.6 Å². The molecule has 3 aromatic rings. The maximum absolute atomic E-state index is 12.8. The lowest BCUT2D eigenvalue weighted by atomic mass is 10.1. The van der Waals surface area contributed by atoms with Gasteiger partial charge in [-0.05, 0) is 60.9 Å². The molecule has 33 heavy (non-hydrogen) atoms. The first-order chi connectivity index (χ1) is 15.9. The highest BCUT2D eigenvalue weighted by molar-refractivity contribution is 8.27. The fourth-order valence-corrected chi connectivity index (χ4v) is 4.71. The third-order valence-electron chi connectivity index (χ3n) is 5.10. The third kappa shape index (κ3) is 5.32. The maximum atomic E-state index is 12.8. The number of nitrogens with zero attached hydrogens (tertiary/aromatic N) is 1. The number of nitrogens with one attached hydrogen (secondary N) is 1. The lowest BCUT2D eigenvalue weighted by molar-refractivity contribution is -0.118. The summed E-state index contributed by atoms with van der Waals surface area (Å²) in [6.45, 7) is 3.81. The van der Waals surface area contributed by atoms with Crippen LogP contribution in [0.3, 0.4) is 0 Å². The van der Waals surface area contributed by atoms with Crippen molar-refractivity contribution in [2.45, 2.75) is 13.8 Å². The first-order valence-corrected chi connectivity index (χ1v) is 11.6. The Morgan fingerprint density at radius 1 is 1.00 bits per heavy atom. The molecule has 5 nitrogen and oxygen atoms in total. The van der Waals surface area contributed by atoms with Gasteiger partial charge >= 0.3 is 0 Å². The number of rotatable bonds is 6. The zero-order valence-corrected chi connectivity index (χ0v) is 19.8. The van der Waals surface area contributed by atoms with E-state index in [1.807, 2.05) is 74.5 Å². The molecule has 7 heteroatoms. The van der Waals surface area contributed by atoms with Gasteiger partial charge in [-0.15, -0.1) is 0 Å². The molecule has 1 N–H and O–H groups in total. The van der Waals surface area contributed by atoms with Crippen molar-refractivity contribution in [3.63, 3.8) is 0 Å². The number of carbonyl (C=O) groups is 2. The molecule has 0 saturated carbocycles. The molecule has 0 radical (unpaired) electrons. The molecule has 1 aliphatic rings. The molecule has 0 bridgehead atoms. The summed E-state index contributed by atoms with van der Waals surface area (Å²) < 4.78 is 6.13. The van der Waals surface area contributed by atoms with Crippen molar-refractivity contribution < 1.29 is 14.3 Å². The van der Waals surface area contributed by atoms with E-state index < -0.39 is 0 Å². The molecular formula is C26H22N2O3S2. The van der Waals surface area contributed by atoms with Crippen LogP contribution in [-0.4, -0.2) is 22.7 Å². The quantitative estimate of drug-likeness (QED) is 0.365. The average Bonchev–Trinajstić information content (AvgIpc) is 3.09. The summed E-state index contributed by atoms with van der Waals surface area (Å²) in [5, 5.41) is 2.90. The number of hydrogen-bond donors (Lipinski definition) is 1. The fourth-order valence-electron chi connectivity index (χ4n) is 3.42. The Balaban J connectivity index is 1.37. The van der Waals surface area contributed by atoms with Gasteiger partial charge < -0.3 is 10.1 Å². The summed E-state index contributed by atoms with van der Waals surface area (Å²) >= 11 is 6.68. The maximum Gasteiger partial charge on any atom is 0.270 e. The Morgan fingerprint density at radius 3 is 2.33 bits per heavy atom. The van der Waals surface area contributed by atoms with Gasteiger partial charge in [0, 0.05) is 5.69 Å². The molecule has 1 saturated heterocycles. The van der Waals surface area contributed by atoms with Crippen LogP contribution in [-0.2, 0) is 9.59 Å². The number of thioether (sulfide) groups is 1. The monoisotopic (exact) mass is 474 g/mol. The van der Waals surface area contributed by atoms with Gasteiger partial charge in [-0.2, -0.15) is 0 Å². The Labute approximate surface area is 202 Å². The second-order valence-corrected chi connectivity index (χ2v) is 9.20. The second-order valence-electron chi connectivity index (χ2n) is 7.53. The lowest BCUT2D eigenvalue weighted by Gasteiger charge is -2.13. The number of thiocarbonyl (C=S) groups is 1. The number of para-hydroxylation sites is 2. The van der Waals surface area contributed by atoms with E-state index in [0.717, 1.165) is 28.1 Å². The average molecular weight is 475 g/mol. The fraction of sp³-hybridized carbons (Fsp3) is 0.115. The minimum absolute atomic E-state index is 0.0944. The smallest absolute Gasteiger partial charge is 0.270 e. The number of amides is 2. The molecule has 0 aromatic heterocycles. The van der Waals surface area contributed by atoms with Crippen molar-refractivity contribution in [2.75, 3.05) is 16.8 Å². The molecule has 2 amide bonds. The van der Waals surface area contributed by atoms with Crippen LogP contribution in [0, 0.1) is 13.8 Å². The van der Waals surface area contributed by atoms with Crippen LogP contribution in [0.15, 0.2) is 77.7 Å². The van der Waals surface area contributed by atoms with Crippen LogP contribution >= 0.6 is 24.0 Å². The zero-order valence-electron chi connectivity index (χ0n) is 18.2. The molecular weight excluding hydrogens is 452 g/mol. The normalized spacial score (nSPS) is 14.6. The summed E-state index contributed by atoms with van der Waals surface area (Å²) in [5.74, 6) is 0.210. The molecule has 166 valence electrons. The van der Waals surface area contributed by atoms with Crippen molar-refractivity contribution in [1.82, 2.24) is 0 Å². The SMILES string of the molecule is Cc1cccc(C)c1NC(=O)COc1ccc(/C=C2\SC(=S)N(c3ccccc3)C2=O)cc1. The Bertz CT molecular complexity index is 1220. The van der Waals surface area contributed by atoms with E-state index in [9.17, 15) is 9.59 Å². The van der Waals surface area contributed by atoms with Crippen LogP contribution in [0.2, 0.25) is 0 Å². The van der Waals surface area contributed by atoms with Gasteiger partial charge in [0.05, 0.1) is 10.6 Å². The van der Waals surface area contributed by atoms with Gasteiger partial charge in [0.15, 0.2) is 10.9 Å². The summed E-state index contributed by atoms with van der Waals surface area (Å²) in [6.07, 6.45) is 1.81. The van der Waals surface area contributed by atoms with Crippen LogP contribution in [0.1, 0.15) is 16.7 Å². The molecule has 0 atom stereocenters. The van der Waals surface area contributed by atoms with Crippen LogP contribution in [0.5, 0.6) is 5.75 Å². The van der Waals surface area contributed by atoms with Gasteiger partial charge in [0.2, 0.25) is 0 Å². The first-order valence-electron chi connectivity index (χ1n) is 10.3. The number of ether oxygens (including phenoxy) is 1. The summed E-state index contributed by atoms with van der Waals surface area (Å²) in [4.78, 5) is 27.2. The van der Waals surface area contributed by atoms with Gasteiger partial charge in [-0.25, -0.2) is 0 Å². The van der Waals surface area contributed by atoms with Crippen molar-refractivity contribution in [1.29, 1.82) is 0 Å². The van der Waals surface area contributed by atoms with E-state index in [-0.39, 0.29) is 18.4 Å². The lowest BCUT2D eigenvalue weighted by Crippen LogP contribution is -2.27. The van der Waals surface area contributed by atoms with E-state index in [4.69, 9.17) is 17.0 Å². The molecule has 1 aliphatic heterocycles. The van der Waals surface area contributed by atoms with Crippen molar-refractivity contribution in [3.05, 3.63) is 94.4 Å². The Hall–Kier alpha value is -3.42. The molecule has 1 fully saturated rings. The zero-order chi connectivity index (χ0) is 23.4. The van der Waals surface area contributed by atoms with Gasteiger partial charge in [-0.3, -0.25) is 14.5 Å². The van der Waals surface area contributed by atoms with Gasteiger partial charge in [-0.1, -0.05) is 72.5 Å². The van der Waals surface area contributed by atoms with Crippen molar-refractivity contribution in [3.8, 4) is 5.75 Å². The number of carbonyl (C=O) groups excluding carboxylic acids is 2. The highest BCUT2D eigenvalue weighted by atomic mass is 32.2. The molecule has 3 aromatic carbocycles. The second kappa shape index (κ2) is 10.0. The number of benzene rings is 3. The van der Waals surface area contributed by atoms with Crippen molar-refractivity contribution in [2.24, 2.45) is 0 Å². The topological polar surface area (TPSA) is 58.6 Å². The molecule has 0 spiro atoms. The Kier molecular flexibility index (Phi) is 6.91. The Morgan fingerprint density at radius 2 is 1.67 bits per heavy atom. The molecule has 0 aliphatic carbocycles. The highest BCUT2D eigenvalue weighted by Crippen LogP contribution is 2.36. The van der Waals surface area contributed by atoms with E-state index in [2.05, 4.69) is 5.32 Å². The number of hydrogen-bond acceptors (Lipinski definition) is 5. The van der Waals surface area contributed by atoms with Crippen LogP contribution < -0.4 is 15.0 Å². The highest BCUT2D eigenvalue weighted by Gasteiger charge is 2.33. The minimum Gasteiger partial charge on any atom is -0.484 e. The minimum atomic E-state index is -0.221. The van der Waals surface area contributed by atoms with Crippen LogP contribution in [0.4, 0.5) is 11.4 Å². The number of aryl methyl sites for hydroxylation is 2. The molecule has 4 rings (SSSR count). The largest absolute Gasteiger partial charge is 0.484 e. The summed E-state index contributed by atoms with van der Waals surface area (Å²) in [6, 6.07) is 22.5. The summed E-state index contributed by atoms with van der Waals surface area (Å²) in [7, 11) is 0. The number of anilines is 2. The molecule has 0 unspecified atom stereocenters. The first kappa shape index (κ1) is 22.8. The van der Waals surface area contributed by atoms with E-state index in [1.54, 1.807) is 18.2 Å². The van der Waals surface area contributed by atoms with Gasteiger partial charge in [0.1, 0.15) is 5.75 Å². The van der Waals surface area contributed by atoms with Gasteiger partial charge in [0.25, 0.3) is 11.8 Å². The van der Waals surface area contributed by atoms with Crippen LogP contribution in [0.25, 0.3) is 6.08 Å². The predicted molar refractivity (Wildman–Crippen MR) is 139 cm³/mol. The predicted octanol–water partition coefficient (Wildman–Crippen LogP) is 5.73. The third-order valence-corrected chi connectivity index (χ3v) is 6.40. The molecule has 1 heterocycles. The van der Waals surface area contributed by atoms with E-state index in [0.29, 0.717) is 15.0 Å².